The van der Waals surface area contributed by atoms with Gasteiger partial charge in [-0.05, 0) is 25.5 Å². The summed E-state index contributed by atoms with van der Waals surface area (Å²) in [7, 11) is 0. The fourth-order valence-corrected chi connectivity index (χ4v) is 1.92. The summed E-state index contributed by atoms with van der Waals surface area (Å²) in [5.41, 5.74) is 3.26. The Bertz CT molecular complexity index is 699. The van der Waals surface area contributed by atoms with Gasteiger partial charge in [0, 0.05) is 17.4 Å². The van der Waals surface area contributed by atoms with E-state index in [2.05, 4.69) is 46.4 Å². The summed E-state index contributed by atoms with van der Waals surface area (Å²) in [5.74, 6) is 1.50. The van der Waals surface area contributed by atoms with Gasteiger partial charge >= 0.3 is 0 Å². The highest BCUT2D eigenvalue weighted by molar-refractivity contribution is 5.58. The minimum absolute atomic E-state index is 0.619. The van der Waals surface area contributed by atoms with Gasteiger partial charge in [-0.15, -0.1) is 0 Å². The monoisotopic (exact) mass is 253 g/mol. The summed E-state index contributed by atoms with van der Waals surface area (Å²) in [6.45, 7) is 4.14. The quantitative estimate of drug-likeness (QED) is 0.779. The Balaban J connectivity index is 2.03. The Morgan fingerprint density at radius 2 is 2.00 bits per heavy atom. The van der Waals surface area contributed by atoms with Crippen LogP contribution in [0.15, 0.2) is 36.7 Å². The Hall–Kier alpha value is -2.43. The zero-order valence-corrected chi connectivity index (χ0v) is 11.0. The Kier molecular flexibility index (Phi) is 2.87. The van der Waals surface area contributed by atoms with Crippen LogP contribution >= 0.6 is 0 Å². The first-order valence-electron chi connectivity index (χ1n) is 6.29. The summed E-state index contributed by atoms with van der Waals surface area (Å²) >= 11 is 0. The van der Waals surface area contributed by atoms with E-state index >= 15 is 0 Å². The molecule has 3 rings (SSSR count). The largest absolute Gasteiger partial charge is 0.340 e. The van der Waals surface area contributed by atoms with Crippen LogP contribution in [0.2, 0.25) is 0 Å². The summed E-state index contributed by atoms with van der Waals surface area (Å²) < 4.78 is 1.71. The second-order valence-corrected chi connectivity index (χ2v) is 4.45. The number of hydrogen-bond donors (Lipinski definition) is 1. The SMILES string of the molecule is CCc1cc(Nc2ccc(C)cc2)n2ncnc2n1. The third-order valence-electron chi connectivity index (χ3n) is 2.99. The van der Waals surface area contributed by atoms with Crippen LogP contribution in [-0.2, 0) is 6.42 Å². The van der Waals surface area contributed by atoms with E-state index in [1.54, 1.807) is 4.52 Å². The van der Waals surface area contributed by atoms with Crippen LogP contribution in [0, 0.1) is 6.92 Å². The van der Waals surface area contributed by atoms with E-state index in [0.29, 0.717) is 5.78 Å². The number of aryl methyl sites for hydroxylation is 2. The predicted molar refractivity (Wildman–Crippen MR) is 74.6 cm³/mol. The molecule has 5 nitrogen and oxygen atoms in total. The summed E-state index contributed by atoms with van der Waals surface area (Å²) in [6.07, 6.45) is 2.38. The average molecular weight is 253 g/mol. The van der Waals surface area contributed by atoms with E-state index in [1.165, 1.54) is 11.9 Å². The molecule has 0 aliphatic rings. The summed E-state index contributed by atoms with van der Waals surface area (Å²) in [5, 5.41) is 7.54. The normalized spacial score (nSPS) is 10.8. The molecule has 0 bridgehead atoms. The molecule has 1 aromatic carbocycles. The van der Waals surface area contributed by atoms with E-state index in [1.807, 2.05) is 18.2 Å². The fraction of sp³-hybridized carbons (Fsp3) is 0.214. The molecule has 0 saturated carbocycles. The third kappa shape index (κ3) is 2.27. The summed E-state index contributed by atoms with van der Waals surface area (Å²) in [6, 6.07) is 10.2. The van der Waals surface area contributed by atoms with Gasteiger partial charge in [-0.2, -0.15) is 14.6 Å². The van der Waals surface area contributed by atoms with Crippen molar-refractivity contribution in [3.8, 4) is 0 Å². The highest BCUT2D eigenvalue weighted by Crippen LogP contribution is 2.18. The van der Waals surface area contributed by atoms with E-state index < -0.39 is 0 Å². The second kappa shape index (κ2) is 4.68. The number of anilines is 2. The summed E-state index contributed by atoms with van der Waals surface area (Å²) in [4.78, 5) is 8.56. The number of rotatable bonds is 3. The Morgan fingerprint density at radius 1 is 1.21 bits per heavy atom. The molecule has 0 radical (unpaired) electrons. The van der Waals surface area contributed by atoms with E-state index in [4.69, 9.17) is 0 Å². The lowest BCUT2D eigenvalue weighted by Gasteiger charge is -2.09. The number of fused-ring (bicyclic) bond motifs is 1. The van der Waals surface area contributed by atoms with Gasteiger partial charge in [-0.3, -0.25) is 0 Å². The van der Waals surface area contributed by atoms with Crippen molar-refractivity contribution < 1.29 is 0 Å². The van der Waals surface area contributed by atoms with Crippen molar-refractivity contribution in [2.45, 2.75) is 20.3 Å². The minimum atomic E-state index is 0.619. The third-order valence-corrected chi connectivity index (χ3v) is 2.99. The molecule has 0 amide bonds. The zero-order valence-electron chi connectivity index (χ0n) is 11.0. The molecule has 1 N–H and O–H groups in total. The second-order valence-electron chi connectivity index (χ2n) is 4.45. The Labute approximate surface area is 111 Å². The van der Waals surface area contributed by atoms with Crippen LogP contribution in [0.4, 0.5) is 11.5 Å². The first-order valence-corrected chi connectivity index (χ1v) is 6.29. The number of aromatic nitrogens is 4. The van der Waals surface area contributed by atoms with Crippen LogP contribution in [-0.4, -0.2) is 19.6 Å². The lowest BCUT2D eigenvalue weighted by molar-refractivity contribution is 0.918. The van der Waals surface area contributed by atoms with Gasteiger partial charge in [-0.25, -0.2) is 4.98 Å². The maximum absolute atomic E-state index is 4.42. The highest BCUT2D eigenvalue weighted by Gasteiger charge is 2.06. The van der Waals surface area contributed by atoms with Gasteiger partial charge < -0.3 is 5.32 Å². The molecule has 19 heavy (non-hydrogen) atoms. The van der Waals surface area contributed by atoms with Gasteiger partial charge in [0.1, 0.15) is 12.1 Å². The zero-order chi connectivity index (χ0) is 13.2. The van der Waals surface area contributed by atoms with Crippen LogP contribution in [0.5, 0.6) is 0 Å². The molecular weight excluding hydrogens is 238 g/mol. The smallest absolute Gasteiger partial charge is 0.254 e. The van der Waals surface area contributed by atoms with Crippen molar-refractivity contribution in [3.63, 3.8) is 0 Å². The van der Waals surface area contributed by atoms with Crippen molar-refractivity contribution in [1.82, 2.24) is 19.6 Å². The van der Waals surface area contributed by atoms with Crippen LogP contribution in [0.3, 0.4) is 0 Å². The van der Waals surface area contributed by atoms with E-state index in [-0.39, 0.29) is 0 Å². The Morgan fingerprint density at radius 3 is 2.74 bits per heavy atom. The van der Waals surface area contributed by atoms with Crippen LogP contribution < -0.4 is 5.32 Å². The molecule has 0 aliphatic heterocycles. The molecule has 96 valence electrons. The number of nitrogens with one attached hydrogen (secondary N) is 1. The molecule has 0 aliphatic carbocycles. The molecular formula is C14H15N5. The van der Waals surface area contributed by atoms with Crippen LogP contribution in [0.1, 0.15) is 18.2 Å². The molecule has 0 fully saturated rings. The highest BCUT2D eigenvalue weighted by atomic mass is 15.3. The molecule has 0 unspecified atom stereocenters. The molecule has 5 heteroatoms. The molecule has 3 aromatic rings. The lowest BCUT2D eigenvalue weighted by atomic mass is 10.2. The number of nitrogens with zero attached hydrogens (tertiary/aromatic N) is 4. The predicted octanol–water partition coefficient (Wildman–Crippen LogP) is 2.74. The van der Waals surface area contributed by atoms with Crippen molar-refractivity contribution in [2.24, 2.45) is 0 Å². The molecule has 0 spiro atoms. The van der Waals surface area contributed by atoms with Crippen molar-refractivity contribution in [1.29, 1.82) is 0 Å². The first-order chi connectivity index (χ1) is 9.26. The lowest BCUT2D eigenvalue weighted by Crippen LogP contribution is -2.03. The standard InChI is InChI=1S/C14H15N5/c1-3-11-8-13(19-14(18-11)15-9-16-19)17-12-6-4-10(2)5-7-12/h4-9,17H,3H2,1-2H3. The van der Waals surface area contributed by atoms with Gasteiger partial charge in [0.2, 0.25) is 0 Å². The number of hydrogen-bond acceptors (Lipinski definition) is 4. The van der Waals surface area contributed by atoms with Crippen molar-refractivity contribution >= 4 is 17.3 Å². The van der Waals surface area contributed by atoms with E-state index in [9.17, 15) is 0 Å². The fourth-order valence-electron chi connectivity index (χ4n) is 1.92. The first kappa shape index (κ1) is 11.6. The maximum atomic E-state index is 4.42. The topological polar surface area (TPSA) is 55.1 Å². The average Bonchev–Trinajstić information content (AvgIpc) is 2.89. The van der Waals surface area contributed by atoms with Gasteiger partial charge in [0.25, 0.3) is 5.78 Å². The van der Waals surface area contributed by atoms with Crippen molar-refractivity contribution in [2.75, 3.05) is 5.32 Å². The van der Waals surface area contributed by atoms with Gasteiger partial charge in [-0.1, -0.05) is 24.6 Å². The number of benzene rings is 1. The maximum Gasteiger partial charge on any atom is 0.254 e. The molecule has 0 saturated heterocycles. The molecule has 0 atom stereocenters. The molecule has 2 aromatic heterocycles. The van der Waals surface area contributed by atoms with Crippen molar-refractivity contribution in [3.05, 3.63) is 47.9 Å². The van der Waals surface area contributed by atoms with E-state index in [0.717, 1.165) is 23.6 Å². The van der Waals surface area contributed by atoms with Gasteiger partial charge in [0.05, 0.1) is 0 Å². The van der Waals surface area contributed by atoms with Crippen LogP contribution in [0.25, 0.3) is 5.78 Å². The van der Waals surface area contributed by atoms with Gasteiger partial charge in [0.15, 0.2) is 0 Å². The minimum Gasteiger partial charge on any atom is -0.340 e. The molecule has 2 heterocycles.